The topological polar surface area (TPSA) is 43.8 Å². The maximum absolute atomic E-state index is 11.0. The van der Waals surface area contributed by atoms with Gasteiger partial charge in [-0.25, -0.2) is 4.79 Å². The Hall–Kier alpha value is -1.07. The average molecular weight is 280 g/mol. The Morgan fingerprint density at radius 1 is 1.37 bits per heavy atom. The molecule has 104 valence electrons. The van der Waals surface area contributed by atoms with Gasteiger partial charge in [-0.05, 0) is 38.4 Å². The second kappa shape index (κ2) is 5.13. The minimum Gasteiger partial charge on any atom is -0.477 e. The molecule has 0 aliphatic carbocycles. The molecule has 0 spiro atoms. The molecule has 2 aliphatic rings. The Labute approximate surface area is 117 Å². The standard InChI is InChI=1S/C14H20N2O2S/c1-10-8-15-7-3-2-4-11(15)9-16(10)13-6-5-12(19-13)14(17)18/h5-6,10-11H,2-4,7-9H2,1H3,(H,17,18). The summed E-state index contributed by atoms with van der Waals surface area (Å²) in [6.45, 7) is 5.62. The lowest BCUT2D eigenvalue weighted by atomic mass is 9.97. The van der Waals surface area contributed by atoms with E-state index in [9.17, 15) is 4.79 Å². The first-order chi connectivity index (χ1) is 9.15. The van der Waals surface area contributed by atoms with Crippen molar-refractivity contribution in [3.8, 4) is 0 Å². The summed E-state index contributed by atoms with van der Waals surface area (Å²) in [5, 5.41) is 10.1. The van der Waals surface area contributed by atoms with Crippen molar-refractivity contribution in [3.63, 3.8) is 0 Å². The highest BCUT2D eigenvalue weighted by atomic mass is 32.1. The summed E-state index contributed by atoms with van der Waals surface area (Å²) in [7, 11) is 0. The minimum atomic E-state index is -0.819. The highest BCUT2D eigenvalue weighted by Crippen LogP contribution is 2.32. The number of hydrogen-bond donors (Lipinski definition) is 1. The van der Waals surface area contributed by atoms with Crippen LogP contribution in [0, 0.1) is 0 Å². The third-order valence-corrected chi connectivity index (χ3v) is 5.38. The van der Waals surface area contributed by atoms with Gasteiger partial charge in [0.2, 0.25) is 0 Å². The van der Waals surface area contributed by atoms with Gasteiger partial charge >= 0.3 is 5.97 Å². The van der Waals surface area contributed by atoms with Crippen LogP contribution >= 0.6 is 11.3 Å². The van der Waals surface area contributed by atoms with Gasteiger partial charge < -0.3 is 10.0 Å². The van der Waals surface area contributed by atoms with Gasteiger partial charge in [0.15, 0.2) is 0 Å². The van der Waals surface area contributed by atoms with Gasteiger partial charge in [-0.15, -0.1) is 11.3 Å². The second-order valence-corrected chi connectivity index (χ2v) is 6.65. The first-order valence-electron chi connectivity index (χ1n) is 6.99. The number of carboxylic acid groups (broad SMARTS) is 1. The molecular formula is C14H20N2O2S. The van der Waals surface area contributed by atoms with Gasteiger partial charge in [-0.3, -0.25) is 4.90 Å². The molecule has 0 saturated carbocycles. The molecule has 2 atom stereocenters. The van der Waals surface area contributed by atoms with Crippen LogP contribution in [0.4, 0.5) is 5.00 Å². The van der Waals surface area contributed by atoms with Crippen LogP contribution < -0.4 is 4.90 Å². The van der Waals surface area contributed by atoms with Crippen LogP contribution in [0.1, 0.15) is 35.9 Å². The summed E-state index contributed by atoms with van der Waals surface area (Å²) in [6.07, 6.45) is 3.93. The molecule has 19 heavy (non-hydrogen) atoms. The lowest BCUT2D eigenvalue weighted by Crippen LogP contribution is -2.58. The SMILES string of the molecule is CC1CN2CCCCC2CN1c1ccc(C(=O)O)s1. The Balaban J connectivity index is 1.77. The number of piperazine rings is 1. The van der Waals surface area contributed by atoms with Crippen LogP contribution in [0.5, 0.6) is 0 Å². The number of carbonyl (C=O) groups is 1. The summed E-state index contributed by atoms with van der Waals surface area (Å²) < 4.78 is 0. The molecule has 2 unspecified atom stereocenters. The number of piperidine rings is 1. The number of anilines is 1. The van der Waals surface area contributed by atoms with Gasteiger partial charge in [0.1, 0.15) is 4.88 Å². The van der Waals surface area contributed by atoms with Crippen LogP contribution in [0.15, 0.2) is 12.1 Å². The van der Waals surface area contributed by atoms with Crippen LogP contribution in [0.25, 0.3) is 0 Å². The average Bonchev–Trinajstić information content (AvgIpc) is 2.87. The van der Waals surface area contributed by atoms with E-state index in [0.29, 0.717) is 17.0 Å². The Bertz CT molecular complexity index is 474. The number of fused-ring (bicyclic) bond motifs is 1. The molecule has 2 aliphatic heterocycles. The lowest BCUT2D eigenvalue weighted by molar-refractivity contribution is 0.0702. The molecule has 1 aromatic rings. The highest BCUT2D eigenvalue weighted by molar-refractivity contribution is 7.17. The van der Waals surface area contributed by atoms with Crippen molar-refractivity contribution in [2.75, 3.05) is 24.5 Å². The van der Waals surface area contributed by atoms with Crippen molar-refractivity contribution in [2.45, 2.75) is 38.3 Å². The number of rotatable bonds is 2. The van der Waals surface area contributed by atoms with Crippen molar-refractivity contribution in [2.24, 2.45) is 0 Å². The van der Waals surface area contributed by atoms with Gasteiger partial charge in [-0.1, -0.05) is 6.42 Å². The Morgan fingerprint density at radius 3 is 2.95 bits per heavy atom. The van der Waals surface area contributed by atoms with Crippen LogP contribution in [0.3, 0.4) is 0 Å². The summed E-state index contributed by atoms with van der Waals surface area (Å²) >= 11 is 1.40. The molecule has 3 rings (SSSR count). The number of thiophene rings is 1. The summed E-state index contributed by atoms with van der Waals surface area (Å²) in [5.41, 5.74) is 0. The van der Waals surface area contributed by atoms with E-state index in [0.717, 1.165) is 18.1 Å². The zero-order chi connectivity index (χ0) is 13.4. The Morgan fingerprint density at radius 2 is 2.21 bits per heavy atom. The number of carboxylic acids is 1. The molecule has 3 heterocycles. The van der Waals surface area contributed by atoms with Gasteiger partial charge in [0, 0.05) is 25.2 Å². The minimum absolute atomic E-state index is 0.438. The normalized spacial score (nSPS) is 28.2. The molecule has 1 N–H and O–H groups in total. The smallest absolute Gasteiger partial charge is 0.345 e. The lowest BCUT2D eigenvalue weighted by Gasteiger charge is -2.48. The molecule has 0 radical (unpaired) electrons. The second-order valence-electron chi connectivity index (χ2n) is 5.59. The highest BCUT2D eigenvalue weighted by Gasteiger charge is 2.33. The third-order valence-electron chi connectivity index (χ3n) is 4.27. The van der Waals surface area contributed by atoms with E-state index in [1.807, 2.05) is 6.07 Å². The van der Waals surface area contributed by atoms with Crippen molar-refractivity contribution in [3.05, 3.63) is 17.0 Å². The molecule has 0 aromatic carbocycles. The first-order valence-corrected chi connectivity index (χ1v) is 7.80. The van der Waals surface area contributed by atoms with Crippen molar-refractivity contribution < 1.29 is 9.90 Å². The third kappa shape index (κ3) is 2.49. The summed E-state index contributed by atoms with van der Waals surface area (Å²) in [5.74, 6) is -0.819. The molecule has 5 heteroatoms. The summed E-state index contributed by atoms with van der Waals surface area (Å²) in [4.78, 5) is 16.4. The molecule has 2 saturated heterocycles. The molecule has 0 bridgehead atoms. The van der Waals surface area contributed by atoms with Crippen molar-refractivity contribution >= 4 is 22.3 Å². The zero-order valence-corrected chi connectivity index (χ0v) is 12.0. The number of hydrogen-bond acceptors (Lipinski definition) is 4. The maximum Gasteiger partial charge on any atom is 0.345 e. The monoisotopic (exact) mass is 280 g/mol. The van der Waals surface area contributed by atoms with Crippen molar-refractivity contribution in [1.82, 2.24) is 4.90 Å². The first kappa shape index (κ1) is 12.9. The molecule has 1 aromatic heterocycles. The van der Waals surface area contributed by atoms with Gasteiger partial charge in [0.25, 0.3) is 0 Å². The fraction of sp³-hybridized carbons (Fsp3) is 0.643. The summed E-state index contributed by atoms with van der Waals surface area (Å²) in [6, 6.07) is 4.81. The predicted molar refractivity (Wildman–Crippen MR) is 77.3 cm³/mol. The number of aromatic carboxylic acids is 1. The fourth-order valence-corrected chi connectivity index (χ4v) is 4.21. The van der Waals surface area contributed by atoms with Crippen molar-refractivity contribution in [1.29, 1.82) is 0 Å². The molecule has 2 fully saturated rings. The number of nitrogens with zero attached hydrogens (tertiary/aromatic N) is 2. The Kier molecular flexibility index (Phi) is 3.50. The quantitative estimate of drug-likeness (QED) is 0.904. The molecule has 0 amide bonds. The van der Waals surface area contributed by atoms with Gasteiger partial charge in [-0.2, -0.15) is 0 Å². The predicted octanol–water partition coefficient (Wildman–Crippen LogP) is 2.51. The van der Waals surface area contributed by atoms with E-state index in [1.54, 1.807) is 6.07 Å². The van der Waals surface area contributed by atoms with E-state index < -0.39 is 5.97 Å². The molecular weight excluding hydrogens is 260 g/mol. The largest absolute Gasteiger partial charge is 0.477 e. The molecule has 4 nitrogen and oxygen atoms in total. The van der Waals surface area contributed by atoms with Crippen LogP contribution in [-0.2, 0) is 0 Å². The van der Waals surface area contributed by atoms with E-state index in [-0.39, 0.29) is 0 Å². The van der Waals surface area contributed by atoms with Crippen LogP contribution in [0.2, 0.25) is 0 Å². The van der Waals surface area contributed by atoms with Crippen LogP contribution in [-0.4, -0.2) is 47.7 Å². The fourth-order valence-electron chi connectivity index (χ4n) is 3.26. The zero-order valence-electron chi connectivity index (χ0n) is 11.2. The van der Waals surface area contributed by atoms with E-state index in [4.69, 9.17) is 5.11 Å². The maximum atomic E-state index is 11.0. The van der Waals surface area contributed by atoms with E-state index in [2.05, 4.69) is 16.7 Å². The van der Waals surface area contributed by atoms with E-state index in [1.165, 1.54) is 37.1 Å². The van der Waals surface area contributed by atoms with E-state index >= 15 is 0 Å². The van der Waals surface area contributed by atoms with Gasteiger partial charge in [0.05, 0.1) is 5.00 Å².